The fraction of sp³-hybridized carbons (Fsp3) is 0.364. The number of rotatable bonds is 5. The molecule has 0 radical (unpaired) electrons. The summed E-state index contributed by atoms with van der Waals surface area (Å²) in [4.78, 5) is 16.8. The second-order valence-corrected chi connectivity index (χ2v) is 7.53. The average Bonchev–Trinajstić information content (AvgIpc) is 3.47. The van der Waals surface area contributed by atoms with Gasteiger partial charge in [0.1, 0.15) is 11.9 Å². The summed E-state index contributed by atoms with van der Waals surface area (Å²) in [6, 6.07) is 9.90. The van der Waals surface area contributed by atoms with E-state index >= 15 is 0 Å². The zero-order valence-electron chi connectivity index (χ0n) is 17.6. The Morgan fingerprint density at radius 1 is 1.13 bits per heavy atom. The van der Waals surface area contributed by atoms with Crippen molar-refractivity contribution in [3.8, 4) is 17.1 Å². The molecule has 1 atom stereocenters. The van der Waals surface area contributed by atoms with Gasteiger partial charge in [0, 0.05) is 37.6 Å². The number of benzene rings is 1. The van der Waals surface area contributed by atoms with Crippen LogP contribution in [0.5, 0.6) is 0 Å². The van der Waals surface area contributed by atoms with E-state index in [2.05, 4.69) is 10.00 Å². The molecular weight excluding hydrogens is 394 g/mol. The summed E-state index contributed by atoms with van der Waals surface area (Å²) >= 11 is 0. The van der Waals surface area contributed by atoms with Crippen molar-refractivity contribution >= 4 is 17.0 Å². The Morgan fingerprint density at radius 3 is 2.68 bits per heavy atom. The van der Waals surface area contributed by atoms with Crippen LogP contribution >= 0.6 is 0 Å². The molecule has 1 aliphatic heterocycles. The molecule has 0 bridgehead atoms. The lowest BCUT2D eigenvalue weighted by Gasteiger charge is -2.28. The quantitative estimate of drug-likeness (QED) is 0.531. The number of hydrogen-bond donors (Lipinski definition) is 1. The molecule has 160 valence electrons. The molecular formula is C22H25N7O2. The predicted octanol–water partition coefficient (Wildman–Crippen LogP) is 2.59. The molecule has 4 heterocycles. The number of fused-ring (bicyclic) bond motifs is 1. The minimum atomic E-state index is -0.696. The van der Waals surface area contributed by atoms with Crippen molar-refractivity contribution < 1.29 is 9.84 Å². The van der Waals surface area contributed by atoms with Crippen LogP contribution in [0.1, 0.15) is 25.8 Å². The van der Waals surface area contributed by atoms with Gasteiger partial charge < -0.3 is 19.3 Å². The van der Waals surface area contributed by atoms with Crippen molar-refractivity contribution in [3.63, 3.8) is 0 Å². The summed E-state index contributed by atoms with van der Waals surface area (Å²) in [5, 5.41) is 14.6. The number of aliphatic hydroxyl groups excluding tert-OH is 1. The van der Waals surface area contributed by atoms with Crippen LogP contribution in [-0.4, -0.2) is 60.7 Å². The van der Waals surface area contributed by atoms with Crippen molar-refractivity contribution in [2.45, 2.75) is 26.5 Å². The van der Waals surface area contributed by atoms with Crippen LogP contribution in [0, 0.1) is 0 Å². The van der Waals surface area contributed by atoms with Gasteiger partial charge in [-0.25, -0.2) is 19.6 Å². The molecule has 1 N–H and O–H groups in total. The van der Waals surface area contributed by atoms with Crippen LogP contribution < -0.4 is 4.90 Å². The van der Waals surface area contributed by atoms with Crippen LogP contribution in [0.4, 0.5) is 5.82 Å². The maximum atomic E-state index is 10.3. The van der Waals surface area contributed by atoms with Gasteiger partial charge in [-0.05, 0) is 32.0 Å². The minimum Gasteiger partial charge on any atom is -0.385 e. The topological polar surface area (TPSA) is 94.1 Å². The molecule has 3 aromatic heterocycles. The molecule has 1 unspecified atom stereocenters. The van der Waals surface area contributed by atoms with E-state index in [1.165, 1.54) is 0 Å². The van der Waals surface area contributed by atoms with Gasteiger partial charge in [-0.2, -0.15) is 5.10 Å². The summed E-state index contributed by atoms with van der Waals surface area (Å²) < 4.78 is 9.31. The zero-order chi connectivity index (χ0) is 21.4. The largest absolute Gasteiger partial charge is 0.385 e. The molecule has 4 aromatic rings. The maximum absolute atomic E-state index is 10.3. The van der Waals surface area contributed by atoms with Gasteiger partial charge in [0.25, 0.3) is 0 Å². The first-order chi connectivity index (χ1) is 15.2. The summed E-state index contributed by atoms with van der Waals surface area (Å²) in [5.74, 6) is 2.00. The Bertz CT molecular complexity index is 1190. The zero-order valence-corrected chi connectivity index (χ0v) is 17.6. The van der Waals surface area contributed by atoms with Crippen molar-refractivity contribution in [1.29, 1.82) is 0 Å². The molecule has 1 saturated heterocycles. The number of imidazole rings is 1. The number of anilines is 1. The first kappa shape index (κ1) is 19.7. The van der Waals surface area contributed by atoms with Crippen LogP contribution in [0.3, 0.4) is 0 Å². The van der Waals surface area contributed by atoms with Crippen LogP contribution in [0.2, 0.25) is 0 Å². The minimum absolute atomic E-state index is 0.601. The third-order valence-corrected chi connectivity index (χ3v) is 5.48. The summed E-state index contributed by atoms with van der Waals surface area (Å²) in [5.41, 5.74) is 3.28. The van der Waals surface area contributed by atoms with Gasteiger partial charge in [0.15, 0.2) is 22.8 Å². The van der Waals surface area contributed by atoms with Crippen molar-refractivity contribution in [3.05, 3.63) is 48.5 Å². The van der Waals surface area contributed by atoms with E-state index in [1.807, 2.05) is 52.7 Å². The van der Waals surface area contributed by atoms with Gasteiger partial charge in [-0.1, -0.05) is 12.1 Å². The van der Waals surface area contributed by atoms with Gasteiger partial charge >= 0.3 is 0 Å². The molecule has 0 spiro atoms. The summed E-state index contributed by atoms with van der Waals surface area (Å²) in [6.45, 7) is 7.18. The molecule has 0 aliphatic carbocycles. The number of aromatic nitrogens is 6. The van der Waals surface area contributed by atoms with E-state index in [-0.39, 0.29) is 0 Å². The van der Waals surface area contributed by atoms with Gasteiger partial charge in [-0.15, -0.1) is 0 Å². The molecule has 1 fully saturated rings. The summed E-state index contributed by atoms with van der Waals surface area (Å²) in [7, 11) is 0. The molecule has 5 rings (SSSR count). The first-order valence-corrected chi connectivity index (χ1v) is 10.5. The second kappa shape index (κ2) is 8.09. The molecule has 31 heavy (non-hydrogen) atoms. The van der Waals surface area contributed by atoms with E-state index in [0.717, 1.165) is 35.8 Å². The van der Waals surface area contributed by atoms with Crippen LogP contribution in [-0.2, 0) is 11.3 Å². The number of hydrogen-bond acceptors (Lipinski definition) is 7. The standard InChI is InChI=1S/C22H25N7O2/c1-3-28-20(15(2)30)24-18-21(27-10-12-31-13-11-27)25-19(26-22(18)28)16-6-4-7-17(14-16)29-9-5-8-23-29/h4-9,14-15,30H,3,10-13H2,1-2H3. The van der Waals surface area contributed by atoms with Crippen molar-refractivity contribution in [1.82, 2.24) is 29.3 Å². The first-order valence-electron chi connectivity index (χ1n) is 10.5. The molecule has 1 aromatic carbocycles. The highest BCUT2D eigenvalue weighted by Crippen LogP contribution is 2.30. The Labute approximate surface area is 179 Å². The molecule has 0 amide bonds. The van der Waals surface area contributed by atoms with E-state index in [9.17, 15) is 5.11 Å². The lowest BCUT2D eigenvalue weighted by atomic mass is 10.2. The van der Waals surface area contributed by atoms with E-state index in [1.54, 1.807) is 13.1 Å². The normalized spacial score (nSPS) is 15.5. The Morgan fingerprint density at radius 2 is 1.97 bits per heavy atom. The third kappa shape index (κ3) is 3.55. The van der Waals surface area contributed by atoms with Gasteiger partial charge in [0.05, 0.1) is 18.9 Å². The average molecular weight is 419 g/mol. The highest BCUT2D eigenvalue weighted by atomic mass is 16.5. The number of aliphatic hydroxyl groups is 1. The SMILES string of the molecule is CCn1c(C(C)O)nc2c(N3CCOCC3)nc(-c3cccc(-n4cccn4)c3)nc21. The predicted molar refractivity (Wildman–Crippen MR) is 117 cm³/mol. The number of nitrogens with zero attached hydrogens (tertiary/aromatic N) is 7. The van der Waals surface area contributed by atoms with Gasteiger partial charge in [0.2, 0.25) is 0 Å². The molecule has 1 aliphatic rings. The van der Waals surface area contributed by atoms with E-state index in [0.29, 0.717) is 36.9 Å². The van der Waals surface area contributed by atoms with Crippen molar-refractivity contribution in [2.24, 2.45) is 0 Å². The maximum Gasteiger partial charge on any atom is 0.166 e. The highest BCUT2D eigenvalue weighted by molar-refractivity contribution is 5.86. The number of aryl methyl sites for hydroxylation is 1. The van der Waals surface area contributed by atoms with Crippen LogP contribution in [0.15, 0.2) is 42.7 Å². The van der Waals surface area contributed by atoms with Crippen LogP contribution in [0.25, 0.3) is 28.2 Å². The monoisotopic (exact) mass is 419 g/mol. The van der Waals surface area contributed by atoms with Gasteiger partial charge in [-0.3, -0.25) is 0 Å². The Balaban J connectivity index is 1.71. The molecule has 9 nitrogen and oxygen atoms in total. The lowest BCUT2D eigenvalue weighted by Crippen LogP contribution is -2.37. The molecule has 9 heteroatoms. The Hall–Kier alpha value is -3.30. The fourth-order valence-electron chi connectivity index (χ4n) is 3.97. The number of morpholine rings is 1. The molecule has 0 saturated carbocycles. The Kier molecular flexibility index (Phi) is 5.13. The van der Waals surface area contributed by atoms with E-state index < -0.39 is 6.10 Å². The highest BCUT2D eigenvalue weighted by Gasteiger charge is 2.24. The van der Waals surface area contributed by atoms with E-state index in [4.69, 9.17) is 19.7 Å². The fourth-order valence-corrected chi connectivity index (χ4v) is 3.97. The van der Waals surface area contributed by atoms with Crippen molar-refractivity contribution in [2.75, 3.05) is 31.2 Å². The summed E-state index contributed by atoms with van der Waals surface area (Å²) in [6.07, 6.45) is 2.96. The second-order valence-electron chi connectivity index (χ2n) is 7.53. The third-order valence-electron chi connectivity index (χ3n) is 5.48. The lowest BCUT2D eigenvalue weighted by molar-refractivity contribution is 0.122. The number of ether oxygens (including phenoxy) is 1. The smallest absolute Gasteiger partial charge is 0.166 e.